The van der Waals surface area contributed by atoms with E-state index in [0.29, 0.717) is 6.23 Å². The van der Waals surface area contributed by atoms with Gasteiger partial charge in [0.2, 0.25) is 0 Å². The maximum absolute atomic E-state index is 5.38. The van der Waals surface area contributed by atoms with Crippen LogP contribution in [0.4, 0.5) is 0 Å². The molecule has 4 heteroatoms. The molecule has 1 aromatic rings. The Balaban J connectivity index is 1.94. The predicted octanol–water partition coefficient (Wildman–Crippen LogP) is 1.71. The standard InChI is InChI=1S/C9H14N2OS/c1-12-9-3-2-4-11(9)6-8-5-10-7-13-8/h5,7,9H,2-4,6H2,1H3/t9-/m1/s1. The van der Waals surface area contributed by atoms with E-state index >= 15 is 0 Å². The van der Waals surface area contributed by atoms with E-state index in [2.05, 4.69) is 9.88 Å². The average Bonchev–Trinajstić information content (AvgIpc) is 2.76. The van der Waals surface area contributed by atoms with Crippen LogP contribution in [0.1, 0.15) is 17.7 Å². The number of rotatable bonds is 3. The Morgan fingerprint density at radius 3 is 3.38 bits per heavy atom. The predicted molar refractivity (Wildman–Crippen MR) is 52.6 cm³/mol. The minimum Gasteiger partial charge on any atom is -0.366 e. The molecule has 0 saturated carbocycles. The lowest BCUT2D eigenvalue weighted by atomic mass is 10.4. The summed E-state index contributed by atoms with van der Waals surface area (Å²) in [6, 6.07) is 0. The molecule has 1 fully saturated rings. The topological polar surface area (TPSA) is 25.4 Å². The highest BCUT2D eigenvalue weighted by atomic mass is 32.1. The van der Waals surface area contributed by atoms with Crippen LogP contribution in [-0.4, -0.2) is 29.8 Å². The van der Waals surface area contributed by atoms with Gasteiger partial charge in [-0.15, -0.1) is 11.3 Å². The quantitative estimate of drug-likeness (QED) is 0.739. The maximum Gasteiger partial charge on any atom is 0.110 e. The Labute approximate surface area is 82.3 Å². The molecule has 1 aromatic heterocycles. The molecule has 13 heavy (non-hydrogen) atoms. The summed E-state index contributed by atoms with van der Waals surface area (Å²) in [4.78, 5) is 7.76. The highest BCUT2D eigenvalue weighted by Crippen LogP contribution is 2.21. The second kappa shape index (κ2) is 4.17. The lowest BCUT2D eigenvalue weighted by Gasteiger charge is -2.21. The van der Waals surface area contributed by atoms with Gasteiger partial charge in [-0.2, -0.15) is 0 Å². The van der Waals surface area contributed by atoms with Gasteiger partial charge in [-0.1, -0.05) is 0 Å². The Morgan fingerprint density at radius 1 is 1.77 bits per heavy atom. The summed E-state index contributed by atoms with van der Waals surface area (Å²) in [6.07, 6.45) is 4.67. The number of ether oxygens (including phenoxy) is 1. The van der Waals surface area contributed by atoms with E-state index in [-0.39, 0.29) is 0 Å². The molecule has 3 nitrogen and oxygen atoms in total. The van der Waals surface area contributed by atoms with Crippen LogP contribution in [0.15, 0.2) is 11.7 Å². The van der Waals surface area contributed by atoms with Crippen LogP contribution in [0, 0.1) is 0 Å². The van der Waals surface area contributed by atoms with Gasteiger partial charge >= 0.3 is 0 Å². The van der Waals surface area contributed by atoms with Crippen molar-refractivity contribution in [2.45, 2.75) is 25.6 Å². The normalized spacial score (nSPS) is 23.9. The molecular formula is C9H14N2OS. The van der Waals surface area contributed by atoms with Gasteiger partial charge in [0.15, 0.2) is 0 Å². The van der Waals surface area contributed by atoms with Gasteiger partial charge in [0.1, 0.15) is 6.23 Å². The number of hydrogen-bond donors (Lipinski definition) is 0. The SMILES string of the molecule is CO[C@@H]1CCCN1Cc1cncs1. The lowest BCUT2D eigenvalue weighted by Crippen LogP contribution is -2.29. The molecule has 1 aliphatic heterocycles. The van der Waals surface area contributed by atoms with Gasteiger partial charge in [0, 0.05) is 31.3 Å². The zero-order chi connectivity index (χ0) is 9.10. The molecule has 2 heterocycles. The second-order valence-electron chi connectivity index (χ2n) is 3.27. The van der Waals surface area contributed by atoms with E-state index in [0.717, 1.165) is 19.5 Å². The average molecular weight is 198 g/mol. The van der Waals surface area contributed by atoms with Crippen molar-refractivity contribution in [3.8, 4) is 0 Å². The highest BCUT2D eigenvalue weighted by molar-refractivity contribution is 7.09. The molecular weight excluding hydrogens is 184 g/mol. The largest absolute Gasteiger partial charge is 0.366 e. The third-order valence-corrected chi connectivity index (χ3v) is 3.18. The summed E-state index contributed by atoms with van der Waals surface area (Å²) < 4.78 is 5.38. The van der Waals surface area contributed by atoms with Crippen LogP contribution in [0.3, 0.4) is 0 Å². The highest BCUT2D eigenvalue weighted by Gasteiger charge is 2.23. The molecule has 1 aliphatic rings. The number of aromatic nitrogens is 1. The van der Waals surface area contributed by atoms with Gasteiger partial charge < -0.3 is 4.74 Å². The maximum atomic E-state index is 5.38. The van der Waals surface area contributed by atoms with E-state index in [9.17, 15) is 0 Å². The number of likely N-dealkylation sites (tertiary alicyclic amines) is 1. The van der Waals surface area contributed by atoms with Gasteiger partial charge in [-0.3, -0.25) is 9.88 Å². The molecule has 0 spiro atoms. The van der Waals surface area contributed by atoms with Crippen molar-refractivity contribution in [2.24, 2.45) is 0 Å². The van der Waals surface area contributed by atoms with E-state index in [1.807, 2.05) is 11.7 Å². The summed E-state index contributed by atoms with van der Waals surface area (Å²) in [6.45, 7) is 2.14. The molecule has 72 valence electrons. The van der Waals surface area contributed by atoms with Crippen molar-refractivity contribution in [3.63, 3.8) is 0 Å². The Bertz CT molecular complexity index is 250. The van der Waals surface area contributed by atoms with Crippen LogP contribution < -0.4 is 0 Å². The van der Waals surface area contributed by atoms with E-state index in [1.54, 1.807) is 18.4 Å². The molecule has 0 amide bonds. The molecule has 0 bridgehead atoms. The Kier molecular flexibility index (Phi) is 2.93. The minimum absolute atomic E-state index is 0.321. The van der Waals surface area contributed by atoms with Crippen LogP contribution in [-0.2, 0) is 11.3 Å². The van der Waals surface area contributed by atoms with E-state index in [4.69, 9.17) is 4.74 Å². The smallest absolute Gasteiger partial charge is 0.110 e. The van der Waals surface area contributed by atoms with Crippen molar-refractivity contribution in [1.82, 2.24) is 9.88 Å². The first kappa shape index (κ1) is 9.12. The number of nitrogens with zero attached hydrogens (tertiary/aromatic N) is 2. The van der Waals surface area contributed by atoms with Crippen molar-refractivity contribution in [2.75, 3.05) is 13.7 Å². The first-order valence-corrected chi connectivity index (χ1v) is 5.42. The third kappa shape index (κ3) is 2.07. The van der Waals surface area contributed by atoms with Crippen molar-refractivity contribution in [3.05, 3.63) is 16.6 Å². The van der Waals surface area contributed by atoms with Crippen molar-refractivity contribution >= 4 is 11.3 Å². The number of methoxy groups -OCH3 is 1. The van der Waals surface area contributed by atoms with Crippen LogP contribution >= 0.6 is 11.3 Å². The molecule has 0 aliphatic carbocycles. The Morgan fingerprint density at radius 2 is 2.69 bits per heavy atom. The first-order valence-electron chi connectivity index (χ1n) is 4.54. The van der Waals surface area contributed by atoms with Crippen LogP contribution in [0.5, 0.6) is 0 Å². The van der Waals surface area contributed by atoms with Gasteiger partial charge in [-0.05, 0) is 12.8 Å². The second-order valence-corrected chi connectivity index (χ2v) is 4.24. The zero-order valence-corrected chi connectivity index (χ0v) is 8.59. The van der Waals surface area contributed by atoms with Crippen molar-refractivity contribution in [1.29, 1.82) is 0 Å². The fraction of sp³-hybridized carbons (Fsp3) is 0.667. The molecule has 0 unspecified atom stereocenters. The summed E-state index contributed by atoms with van der Waals surface area (Å²) in [5.41, 5.74) is 1.88. The molecule has 2 rings (SSSR count). The molecule has 0 radical (unpaired) electrons. The number of thiazole rings is 1. The molecule has 0 N–H and O–H groups in total. The summed E-state index contributed by atoms with van der Waals surface area (Å²) in [7, 11) is 1.79. The van der Waals surface area contributed by atoms with Gasteiger partial charge in [0.25, 0.3) is 0 Å². The van der Waals surface area contributed by atoms with Crippen LogP contribution in [0.25, 0.3) is 0 Å². The van der Waals surface area contributed by atoms with Gasteiger partial charge in [0.05, 0.1) is 5.51 Å². The minimum atomic E-state index is 0.321. The summed E-state index contributed by atoms with van der Waals surface area (Å²) in [5, 5.41) is 0. The van der Waals surface area contributed by atoms with E-state index in [1.165, 1.54) is 11.3 Å². The van der Waals surface area contributed by atoms with Crippen molar-refractivity contribution < 1.29 is 4.74 Å². The monoisotopic (exact) mass is 198 g/mol. The molecule has 1 atom stereocenters. The molecule has 1 saturated heterocycles. The number of hydrogen-bond acceptors (Lipinski definition) is 4. The molecule has 0 aromatic carbocycles. The van der Waals surface area contributed by atoms with Crippen LogP contribution in [0.2, 0.25) is 0 Å². The first-order chi connectivity index (χ1) is 6.40. The zero-order valence-electron chi connectivity index (χ0n) is 7.77. The summed E-state index contributed by atoms with van der Waals surface area (Å²) >= 11 is 1.71. The fourth-order valence-corrected chi connectivity index (χ4v) is 2.38. The Hall–Kier alpha value is -0.450. The van der Waals surface area contributed by atoms with E-state index < -0.39 is 0 Å². The fourth-order valence-electron chi connectivity index (χ4n) is 1.76. The third-order valence-electron chi connectivity index (χ3n) is 2.42. The lowest BCUT2D eigenvalue weighted by molar-refractivity contribution is -0.00768. The summed E-state index contributed by atoms with van der Waals surface area (Å²) in [5.74, 6) is 0. The van der Waals surface area contributed by atoms with Gasteiger partial charge in [-0.25, -0.2) is 0 Å².